The summed E-state index contributed by atoms with van der Waals surface area (Å²) in [6.07, 6.45) is 1.67. The predicted octanol–water partition coefficient (Wildman–Crippen LogP) is 5.79. The molecule has 8 heteroatoms. The van der Waals surface area contributed by atoms with E-state index in [1.165, 1.54) is 24.3 Å². The van der Waals surface area contributed by atoms with Crippen LogP contribution in [0.3, 0.4) is 0 Å². The minimum atomic E-state index is -3.39. The molecule has 4 aromatic rings. The smallest absolute Gasteiger partial charge is 0.412 e. The molecule has 0 unspecified atom stereocenters. The number of benzene rings is 3. The molecule has 7 nitrogen and oxygen atoms in total. The average molecular weight is 500 g/mol. The van der Waals surface area contributed by atoms with Crippen LogP contribution in [0.25, 0.3) is 22.0 Å². The lowest BCUT2D eigenvalue weighted by Crippen LogP contribution is -2.28. The minimum absolute atomic E-state index is 0.0656. The number of anilines is 1. The highest BCUT2D eigenvalue weighted by Gasteiger charge is 2.22. The molecule has 0 aliphatic carbocycles. The molecular formula is C28H25N3O4S. The van der Waals surface area contributed by atoms with E-state index in [2.05, 4.69) is 11.1 Å². The molecule has 0 atom stereocenters. The molecular weight excluding hydrogens is 474 g/mol. The second-order valence-electron chi connectivity index (χ2n) is 9.17. The van der Waals surface area contributed by atoms with E-state index in [0.717, 1.165) is 44.3 Å². The van der Waals surface area contributed by atoms with Gasteiger partial charge in [-0.25, -0.2) is 13.2 Å². The Kier molecular flexibility index (Phi) is 6.53. The van der Waals surface area contributed by atoms with Crippen molar-refractivity contribution in [3.8, 4) is 17.2 Å². The summed E-state index contributed by atoms with van der Waals surface area (Å²) in [6, 6.07) is 23.4. The number of hydrogen-bond donors (Lipinski definition) is 1. The van der Waals surface area contributed by atoms with Gasteiger partial charge in [-0.2, -0.15) is 5.26 Å². The Bertz CT molecular complexity index is 1600. The van der Waals surface area contributed by atoms with E-state index >= 15 is 0 Å². The lowest BCUT2D eigenvalue weighted by molar-refractivity contribution is 0.201. The second-order valence-corrected chi connectivity index (χ2v) is 11.2. The van der Waals surface area contributed by atoms with E-state index in [4.69, 9.17) is 0 Å². The Hall–Kier alpha value is -4.22. The van der Waals surface area contributed by atoms with E-state index in [0.29, 0.717) is 5.69 Å². The van der Waals surface area contributed by atoms with Gasteiger partial charge in [0, 0.05) is 29.1 Å². The van der Waals surface area contributed by atoms with Crippen molar-refractivity contribution in [2.45, 2.75) is 30.7 Å². The van der Waals surface area contributed by atoms with Crippen molar-refractivity contribution >= 4 is 32.5 Å². The van der Waals surface area contributed by atoms with Crippen LogP contribution in [-0.2, 0) is 21.8 Å². The molecule has 182 valence electrons. The Morgan fingerprint density at radius 1 is 1.06 bits per heavy atom. The van der Waals surface area contributed by atoms with Gasteiger partial charge in [0.1, 0.15) is 0 Å². The fourth-order valence-corrected chi connectivity index (χ4v) is 4.63. The molecule has 4 rings (SSSR count). The Morgan fingerprint density at radius 2 is 1.78 bits per heavy atom. The predicted molar refractivity (Wildman–Crippen MR) is 140 cm³/mol. The number of fused-ring (bicyclic) bond motifs is 1. The summed E-state index contributed by atoms with van der Waals surface area (Å²) in [6.45, 7) is 3.80. The van der Waals surface area contributed by atoms with Gasteiger partial charge in [0.25, 0.3) is 0 Å². The van der Waals surface area contributed by atoms with Gasteiger partial charge >= 0.3 is 6.09 Å². The van der Waals surface area contributed by atoms with Gasteiger partial charge in [0.05, 0.1) is 28.4 Å². The number of sulfone groups is 1. The van der Waals surface area contributed by atoms with Crippen LogP contribution >= 0.6 is 0 Å². The van der Waals surface area contributed by atoms with Crippen LogP contribution in [0, 0.1) is 11.3 Å². The van der Waals surface area contributed by atoms with E-state index in [9.17, 15) is 23.6 Å². The van der Waals surface area contributed by atoms with Crippen molar-refractivity contribution in [2.75, 3.05) is 11.2 Å². The number of hydrogen-bond acceptors (Lipinski definition) is 5. The van der Waals surface area contributed by atoms with Gasteiger partial charge < -0.3 is 5.11 Å². The van der Waals surface area contributed by atoms with Gasteiger partial charge in [-0.3, -0.25) is 9.88 Å². The highest BCUT2D eigenvalue weighted by Crippen LogP contribution is 2.34. The Balaban J connectivity index is 1.75. The maximum absolute atomic E-state index is 12.1. The molecule has 0 spiro atoms. The first-order valence-corrected chi connectivity index (χ1v) is 13.1. The van der Waals surface area contributed by atoms with Gasteiger partial charge in [0.15, 0.2) is 9.84 Å². The maximum Gasteiger partial charge on any atom is 0.412 e. The third-order valence-electron chi connectivity index (χ3n) is 6.09. The van der Waals surface area contributed by atoms with Crippen molar-refractivity contribution in [2.24, 2.45) is 0 Å². The average Bonchev–Trinajstić information content (AvgIpc) is 2.86. The second kappa shape index (κ2) is 9.44. The molecule has 36 heavy (non-hydrogen) atoms. The largest absolute Gasteiger partial charge is 0.465 e. The molecule has 1 heterocycles. The van der Waals surface area contributed by atoms with Crippen LogP contribution in [-0.4, -0.2) is 30.9 Å². The zero-order valence-electron chi connectivity index (χ0n) is 20.1. The van der Waals surface area contributed by atoms with Gasteiger partial charge in [-0.15, -0.1) is 0 Å². The molecule has 0 aliphatic heterocycles. The van der Waals surface area contributed by atoms with E-state index in [1.54, 1.807) is 6.20 Å². The van der Waals surface area contributed by atoms with Crippen molar-refractivity contribution in [1.82, 2.24) is 4.98 Å². The summed E-state index contributed by atoms with van der Waals surface area (Å²) in [7, 11) is -3.39. The first-order chi connectivity index (χ1) is 17.0. The number of nitrogens with zero attached hydrogens (tertiary/aromatic N) is 3. The van der Waals surface area contributed by atoms with Crippen LogP contribution in [0.1, 0.15) is 25.0 Å². The van der Waals surface area contributed by atoms with Crippen molar-refractivity contribution < 1.29 is 18.3 Å². The molecule has 0 aliphatic rings. The van der Waals surface area contributed by atoms with Crippen LogP contribution in [0.2, 0.25) is 0 Å². The summed E-state index contributed by atoms with van der Waals surface area (Å²) in [4.78, 5) is 17.9. The van der Waals surface area contributed by atoms with E-state index < -0.39 is 21.3 Å². The quantitative estimate of drug-likeness (QED) is 0.359. The van der Waals surface area contributed by atoms with Crippen LogP contribution in [0.15, 0.2) is 83.9 Å². The molecule has 1 N–H and O–H groups in total. The molecule has 1 amide bonds. The summed E-state index contributed by atoms with van der Waals surface area (Å²) < 4.78 is 23.5. The lowest BCUT2D eigenvalue weighted by Gasteiger charge is -2.21. The molecule has 1 aromatic heterocycles. The molecule has 0 radical (unpaired) electrons. The van der Waals surface area contributed by atoms with Gasteiger partial charge in [-0.1, -0.05) is 24.3 Å². The monoisotopic (exact) mass is 499 g/mol. The van der Waals surface area contributed by atoms with Crippen LogP contribution in [0.5, 0.6) is 0 Å². The molecule has 0 bridgehead atoms. The first-order valence-electron chi connectivity index (χ1n) is 11.2. The van der Waals surface area contributed by atoms with Gasteiger partial charge in [0.2, 0.25) is 0 Å². The maximum atomic E-state index is 12.1. The van der Waals surface area contributed by atoms with Gasteiger partial charge in [-0.05, 0) is 79.1 Å². The highest BCUT2D eigenvalue weighted by molar-refractivity contribution is 7.90. The molecule has 0 saturated heterocycles. The number of amides is 1. The number of rotatable bonds is 6. The highest BCUT2D eigenvalue weighted by atomic mass is 32.2. The molecule has 0 saturated carbocycles. The zero-order chi connectivity index (χ0) is 26.1. The number of pyridine rings is 1. The number of aromatic nitrogens is 1. The van der Waals surface area contributed by atoms with Crippen molar-refractivity contribution in [1.29, 1.82) is 5.26 Å². The zero-order valence-corrected chi connectivity index (χ0v) is 21.0. The Morgan fingerprint density at radius 3 is 2.42 bits per heavy atom. The SMILES string of the molecule is CC(C)(C#N)c1cc(-c2cccc(CN(C(=O)O)c3ccc(S(C)(=O)=O)cc3)c2)c2ncccc2c1. The van der Waals surface area contributed by atoms with E-state index in [1.807, 2.05) is 62.4 Å². The standard InChI is InChI=1S/C28H25N3O4S/c1-28(2,18-29)22-15-21-8-5-13-30-26(21)25(16-22)20-7-4-6-19(14-20)17-31(27(32)33)23-9-11-24(12-10-23)36(3,34)35/h4-16H,17H2,1-3H3,(H,32,33). The van der Waals surface area contributed by atoms with E-state index in [-0.39, 0.29) is 11.4 Å². The normalized spacial score (nSPS) is 11.7. The topological polar surface area (TPSA) is 111 Å². The fourth-order valence-electron chi connectivity index (χ4n) is 4.00. The van der Waals surface area contributed by atoms with Crippen LogP contribution in [0.4, 0.5) is 10.5 Å². The fraction of sp³-hybridized carbons (Fsp3) is 0.179. The third kappa shape index (κ3) is 5.07. The molecule has 0 fully saturated rings. The third-order valence-corrected chi connectivity index (χ3v) is 7.22. The summed E-state index contributed by atoms with van der Waals surface area (Å²) in [5, 5.41) is 20.5. The summed E-state index contributed by atoms with van der Waals surface area (Å²) >= 11 is 0. The number of nitriles is 1. The summed E-state index contributed by atoms with van der Waals surface area (Å²) in [5.74, 6) is 0. The van der Waals surface area contributed by atoms with Crippen molar-refractivity contribution in [3.63, 3.8) is 0 Å². The number of carboxylic acid groups (broad SMARTS) is 1. The van der Waals surface area contributed by atoms with Crippen LogP contribution < -0.4 is 4.90 Å². The minimum Gasteiger partial charge on any atom is -0.465 e. The lowest BCUT2D eigenvalue weighted by atomic mass is 9.83. The Labute approximate surface area is 210 Å². The van der Waals surface area contributed by atoms with Crippen molar-refractivity contribution in [3.05, 3.63) is 90.1 Å². The summed E-state index contributed by atoms with van der Waals surface area (Å²) in [5.41, 5.74) is 3.77. The number of carbonyl (C=O) groups is 1. The first kappa shape index (κ1) is 24.9. The molecule has 3 aromatic carbocycles.